The third-order valence-electron chi connectivity index (χ3n) is 5.05. The van der Waals surface area contributed by atoms with Crippen LogP contribution in [0.15, 0.2) is 72.0 Å². The fraction of sp³-hybridized carbons (Fsp3) is 0.286. The molecule has 0 saturated carbocycles. The maximum absolute atomic E-state index is 12.9. The molecule has 2 heterocycles. The molecule has 0 fully saturated rings. The summed E-state index contributed by atoms with van der Waals surface area (Å²) in [6.07, 6.45) is 0. The molecule has 0 spiro atoms. The number of benzene rings is 2. The zero-order chi connectivity index (χ0) is 17.4. The van der Waals surface area contributed by atoms with Crippen molar-refractivity contribution in [2.24, 2.45) is 5.92 Å². The summed E-state index contributed by atoms with van der Waals surface area (Å²) in [6, 6.07) is 20.3. The van der Waals surface area contributed by atoms with E-state index in [1.165, 1.54) is 5.56 Å². The summed E-state index contributed by atoms with van der Waals surface area (Å²) in [4.78, 5) is 14.7. The maximum Gasteiger partial charge on any atom is 0.289 e. The van der Waals surface area contributed by atoms with Gasteiger partial charge in [0.05, 0.1) is 0 Å². The molecule has 4 rings (SSSR count). The summed E-state index contributed by atoms with van der Waals surface area (Å²) in [5.41, 5.74) is 2.86. The van der Waals surface area contributed by atoms with Crippen LogP contribution in [0.3, 0.4) is 0 Å². The highest BCUT2D eigenvalue weighted by molar-refractivity contribution is 6.20. The average Bonchev–Trinajstić information content (AvgIpc) is 2.93. The molecule has 0 aliphatic carbocycles. The molecular weight excluding hydrogens is 334 g/mol. The molecule has 1 amide bonds. The second kappa shape index (κ2) is 6.57. The molecule has 0 radical (unpaired) electrons. The number of ether oxygens (including phenoxy) is 1. The second-order valence-corrected chi connectivity index (χ2v) is 7.15. The smallest absolute Gasteiger partial charge is 0.289 e. The van der Waals surface area contributed by atoms with Crippen molar-refractivity contribution < 1.29 is 9.53 Å². The highest BCUT2D eigenvalue weighted by atomic mass is 35.5. The number of nitrogens with zero attached hydrogens (tertiary/aromatic N) is 1. The lowest BCUT2D eigenvalue weighted by atomic mass is 9.80. The van der Waals surface area contributed by atoms with E-state index < -0.39 is 5.56 Å². The van der Waals surface area contributed by atoms with Crippen molar-refractivity contribution in [3.63, 3.8) is 0 Å². The van der Waals surface area contributed by atoms with Crippen molar-refractivity contribution in [2.45, 2.75) is 24.9 Å². The molecule has 25 heavy (non-hydrogen) atoms. The van der Waals surface area contributed by atoms with Gasteiger partial charge in [0, 0.05) is 30.5 Å². The normalized spacial score (nSPS) is 25.8. The first-order valence-electron chi connectivity index (χ1n) is 8.57. The van der Waals surface area contributed by atoms with E-state index in [0.717, 1.165) is 11.1 Å². The number of hydrogen-bond acceptors (Lipinski definition) is 2. The molecular formula is C21H20ClNO2. The van der Waals surface area contributed by atoms with Gasteiger partial charge in [-0.15, -0.1) is 0 Å². The van der Waals surface area contributed by atoms with Crippen LogP contribution in [0.2, 0.25) is 0 Å². The fourth-order valence-electron chi connectivity index (χ4n) is 3.78. The van der Waals surface area contributed by atoms with Crippen molar-refractivity contribution in [1.82, 2.24) is 4.90 Å². The standard InChI is InChI=1S/C21H20ClNO2/c1-14-18(16-10-6-3-7-11-16)17-13-23(12-15-8-4-2-5-9-15)21(24)19(17)25-20(14)22/h2-11,14,18,20H,12-13H2,1H3/t14-,18+,20+/m1/s1. The molecule has 4 heteroatoms. The molecule has 0 bridgehead atoms. The van der Waals surface area contributed by atoms with Crippen molar-refractivity contribution in [3.05, 3.63) is 83.1 Å². The average molecular weight is 354 g/mol. The van der Waals surface area contributed by atoms with Crippen LogP contribution in [0.25, 0.3) is 0 Å². The lowest BCUT2D eigenvalue weighted by molar-refractivity contribution is -0.129. The highest BCUT2D eigenvalue weighted by Gasteiger charge is 2.45. The summed E-state index contributed by atoms with van der Waals surface area (Å²) in [7, 11) is 0. The Morgan fingerprint density at radius 1 is 1.08 bits per heavy atom. The minimum atomic E-state index is -0.496. The Kier molecular flexibility index (Phi) is 4.26. The predicted octanol–water partition coefficient (Wildman–Crippen LogP) is 4.30. The van der Waals surface area contributed by atoms with Gasteiger partial charge in [-0.25, -0.2) is 0 Å². The van der Waals surface area contributed by atoms with Crippen LogP contribution in [0.4, 0.5) is 0 Å². The van der Waals surface area contributed by atoms with Gasteiger partial charge in [0.15, 0.2) is 11.3 Å². The Morgan fingerprint density at radius 3 is 2.40 bits per heavy atom. The van der Waals surface area contributed by atoms with Crippen LogP contribution in [-0.4, -0.2) is 22.9 Å². The van der Waals surface area contributed by atoms with Gasteiger partial charge >= 0.3 is 0 Å². The van der Waals surface area contributed by atoms with E-state index in [9.17, 15) is 4.79 Å². The van der Waals surface area contributed by atoms with E-state index in [1.807, 2.05) is 53.4 Å². The zero-order valence-electron chi connectivity index (χ0n) is 14.1. The molecule has 2 aromatic carbocycles. The Hall–Kier alpha value is -2.26. The van der Waals surface area contributed by atoms with Gasteiger partial charge < -0.3 is 9.64 Å². The quantitative estimate of drug-likeness (QED) is 0.770. The summed E-state index contributed by atoms with van der Waals surface area (Å²) in [5.74, 6) is 0.602. The maximum atomic E-state index is 12.9. The first-order valence-corrected chi connectivity index (χ1v) is 9.00. The predicted molar refractivity (Wildman–Crippen MR) is 98.0 cm³/mol. The number of hydrogen-bond donors (Lipinski definition) is 0. The van der Waals surface area contributed by atoms with Gasteiger partial charge in [0.25, 0.3) is 5.91 Å². The first kappa shape index (κ1) is 16.2. The number of alkyl halides is 1. The molecule has 0 aromatic heterocycles. The van der Waals surface area contributed by atoms with Gasteiger partial charge in [0.1, 0.15) is 0 Å². The van der Waals surface area contributed by atoms with Crippen LogP contribution in [0, 0.1) is 5.92 Å². The van der Waals surface area contributed by atoms with Crippen molar-refractivity contribution >= 4 is 17.5 Å². The highest BCUT2D eigenvalue weighted by Crippen LogP contribution is 2.45. The monoisotopic (exact) mass is 353 g/mol. The zero-order valence-corrected chi connectivity index (χ0v) is 14.8. The number of halogens is 1. The van der Waals surface area contributed by atoms with E-state index in [2.05, 4.69) is 19.1 Å². The lowest BCUT2D eigenvalue weighted by Crippen LogP contribution is -2.30. The first-order chi connectivity index (χ1) is 12.1. The topological polar surface area (TPSA) is 29.5 Å². The Morgan fingerprint density at radius 2 is 1.72 bits per heavy atom. The van der Waals surface area contributed by atoms with Crippen LogP contribution in [-0.2, 0) is 16.1 Å². The Bertz CT molecular complexity index is 803. The summed E-state index contributed by atoms with van der Waals surface area (Å²) in [6.45, 7) is 3.26. The third-order valence-corrected chi connectivity index (χ3v) is 5.54. The molecule has 3 nitrogen and oxygen atoms in total. The Balaban J connectivity index is 1.65. The van der Waals surface area contributed by atoms with E-state index >= 15 is 0 Å². The summed E-state index contributed by atoms with van der Waals surface area (Å²) in [5, 5.41) is 0. The minimum absolute atomic E-state index is 0.0580. The number of rotatable bonds is 3. The Labute approximate surface area is 152 Å². The molecule has 128 valence electrons. The van der Waals surface area contributed by atoms with Gasteiger partial charge in [-0.1, -0.05) is 79.2 Å². The van der Waals surface area contributed by atoms with Gasteiger partial charge in [-0.2, -0.15) is 0 Å². The van der Waals surface area contributed by atoms with Crippen LogP contribution in [0.1, 0.15) is 24.0 Å². The van der Waals surface area contributed by atoms with Crippen molar-refractivity contribution in [2.75, 3.05) is 6.54 Å². The number of amides is 1. The SMILES string of the molecule is C[C@@H]1[C@@H](c2ccccc2)C2=C(O[C@@H]1Cl)C(=O)N(Cc1ccccc1)C2. The molecule has 3 atom stereocenters. The van der Waals surface area contributed by atoms with E-state index in [-0.39, 0.29) is 17.7 Å². The second-order valence-electron chi connectivity index (χ2n) is 6.72. The minimum Gasteiger partial charge on any atom is -0.469 e. The van der Waals surface area contributed by atoms with Crippen molar-refractivity contribution in [1.29, 1.82) is 0 Å². The van der Waals surface area contributed by atoms with Crippen LogP contribution >= 0.6 is 11.6 Å². The molecule has 0 unspecified atom stereocenters. The lowest BCUT2D eigenvalue weighted by Gasteiger charge is -2.33. The van der Waals surface area contributed by atoms with E-state index in [1.54, 1.807) is 0 Å². The third kappa shape index (κ3) is 2.93. The summed E-state index contributed by atoms with van der Waals surface area (Å²) >= 11 is 6.42. The van der Waals surface area contributed by atoms with Crippen LogP contribution in [0.5, 0.6) is 0 Å². The molecule has 2 aliphatic heterocycles. The summed E-state index contributed by atoms with van der Waals surface area (Å²) < 4.78 is 5.81. The van der Waals surface area contributed by atoms with E-state index in [4.69, 9.17) is 16.3 Å². The van der Waals surface area contributed by atoms with Gasteiger partial charge in [-0.05, 0) is 11.1 Å². The molecule has 2 aliphatic rings. The molecule has 2 aromatic rings. The molecule has 0 saturated heterocycles. The van der Waals surface area contributed by atoms with Crippen molar-refractivity contribution in [3.8, 4) is 0 Å². The molecule has 0 N–H and O–H groups in total. The fourth-order valence-corrected chi connectivity index (χ4v) is 4.02. The largest absolute Gasteiger partial charge is 0.469 e. The van der Waals surface area contributed by atoms with Crippen LogP contribution < -0.4 is 0 Å². The van der Waals surface area contributed by atoms with E-state index in [0.29, 0.717) is 18.8 Å². The number of carbonyl (C=O) groups is 1. The van der Waals surface area contributed by atoms with Gasteiger partial charge in [0.2, 0.25) is 0 Å². The van der Waals surface area contributed by atoms with Gasteiger partial charge in [-0.3, -0.25) is 4.79 Å². The number of carbonyl (C=O) groups excluding carboxylic acids is 1.